The van der Waals surface area contributed by atoms with E-state index in [9.17, 15) is 4.79 Å². The fraction of sp³-hybridized carbons (Fsp3) is 0.250. The highest BCUT2D eigenvalue weighted by Gasteiger charge is 2.10. The smallest absolute Gasteiger partial charge is 0.242 e. The molecule has 18 heavy (non-hydrogen) atoms. The first kappa shape index (κ1) is 12.7. The number of pyridine rings is 1. The summed E-state index contributed by atoms with van der Waals surface area (Å²) < 4.78 is 0. The molecule has 6 heteroatoms. The third-order valence-electron chi connectivity index (χ3n) is 2.33. The molecule has 0 bridgehead atoms. The number of hydrogen-bond donors (Lipinski definition) is 2. The van der Waals surface area contributed by atoms with Crippen molar-refractivity contribution in [3.8, 4) is 10.6 Å². The van der Waals surface area contributed by atoms with E-state index in [1.807, 2.05) is 19.1 Å². The van der Waals surface area contributed by atoms with E-state index in [-0.39, 0.29) is 5.91 Å². The molecule has 2 rings (SSSR count). The van der Waals surface area contributed by atoms with Crippen LogP contribution in [0.5, 0.6) is 0 Å². The van der Waals surface area contributed by atoms with Crippen molar-refractivity contribution in [1.82, 2.24) is 9.97 Å². The number of rotatable bonds is 3. The molecule has 2 heterocycles. The van der Waals surface area contributed by atoms with Gasteiger partial charge in [-0.05, 0) is 26.0 Å². The van der Waals surface area contributed by atoms with E-state index < -0.39 is 6.04 Å². The van der Waals surface area contributed by atoms with Gasteiger partial charge in [0.15, 0.2) is 0 Å². The molecule has 0 aliphatic rings. The summed E-state index contributed by atoms with van der Waals surface area (Å²) in [4.78, 5) is 20.0. The molecule has 0 aliphatic carbocycles. The lowest BCUT2D eigenvalue weighted by molar-refractivity contribution is -0.117. The van der Waals surface area contributed by atoms with Crippen LogP contribution in [-0.4, -0.2) is 21.9 Å². The normalized spacial score (nSPS) is 12.2. The highest BCUT2D eigenvalue weighted by Crippen LogP contribution is 2.25. The van der Waals surface area contributed by atoms with Gasteiger partial charge >= 0.3 is 0 Å². The first-order valence-electron chi connectivity index (χ1n) is 5.51. The highest BCUT2D eigenvalue weighted by molar-refractivity contribution is 7.13. The van der Waals surface area contributed by atoms with Gasteiger partial charge in [0, 0.05) is 22.8 Å². The lowest BCUT2D eigenvalue weighted by atomic mass is 10.3. The molecule has 0 fully saturated rings. The largest absolute Gasteiger partial charge is 0.320 e. The van der Waals surface area contributed by atoms with Crippen molar-refractivity contribution in [2.75, 3.05) is 5.32 Å². The van der Waals surface area contributed by atoms with Crippen molar-refractivity contribution >= 4 is 23.1 Å². The fourth-order valence-electron chi connectivity index (χ4n) is 1.30. The Balaban J connectivity index is 2.15. The summed E-state index contributed by atoms with van der Waals surface area (Å²) in [7, 11) is 0. The minimum Gasteiger partial charge on any atom is -0.320 e. The number of aromatic nitrogens is 2. The standard InChI is InChI=1S/C12H14N4OS/c1-7-3-4-9(5-14-7)12-16-10(6-18-12)15-11(17)8(2)13/h3-6,8H,13H2,1-2H3,(H,15,17). The Morgan fingerprint density at radius 3 is 2.89 bits per heavy atom. The van der Waals surface area contributed by atoms with Gasteiger partial charge in [0.25, 0.3) is 0 Å². The molecule has 0 spiro atoms. The van der Waals surface area contributed by atoms with Crippen molar-refractivity contribution in [3.05, 3.63) is 29.4 Å². The maximum absolute atomic E-state index is 11.4. The topological polar surface area (TPSA) is 80.9 Å². The summed E-state index contributed by atoms with van der Waals surface area (Å²) in [5, 5.41) is 5.27. The number of carbonyl (C=O) groups is 1. The Morgan fingerprint density at radius 2 is 2.28 bits per heavy atom. The predicted octanol–water partition coefficient (Wildman–Crippen LogP) is 1.80. The molecule has 0 saturated heterocycles. The number of nitrogens with two attached hydrogens (primary N) is 1. The Bertz CT molecular complexity index is 547. The second-order valence-corrected chi connectivity index (χ2v) is 4.86. The van der Waals surface area contributed by atoms with Gasteiger partial charge < -0.3 is 11.1 Å². The number of aryl methyl sites for hydroxylation is 1. The third-order valence-corrected chi connectivity index (χ3v) is 3.22. The summed E-state index contributed by atoms with van der Waals surface area (Å²) in [6.07, 6.45) is 1.77. The molecule has 1 unspecified atom stereocenters. The molecule has 0 aliphatic heterocycles. The Morgan fingerprint density at radius 1 is 1.50 bits per heavy atom. The number of hydrogen-bond acceptors (Lipinski definition) is 5. The highest BCUT2D eigenvalue weighted by atomic mass is 32.1. The summed E-state index contributed by atoms with van der Waals surface area (Å²) in [6, 6.07) is 3.34. The predicted molar refractivity (Wildman–Crippen MR) is 72.4 cm³/mol. The van der Waals surface area contributed by atoms with E-state index in [1.54, 1.807) is 18.5 Å². The molecular formula is C12H14N4OS. The average Bonchev–Trinajstić information content (AvgIpc) is 2.78. The van der Waals surface area contributed by atoms with Crippen LogP contribution in [0.25, 0.3) is 10.6 Å². The van der Waals surface area contributed by atoms with Crippen molar-refractivity contribution in [2.24, 2.45) is 5.73 Å². The first-order chi connectivity index (χ1) is 8.56. The van der Waals surface area contributed by atoms with E-state index in [1.165, 1.54) is 11.3 Å². The van der Waals surface area contributed by atoms with Gasteiger partial charge in [-0.15, -0.1) is 11.3 Å². The quantitative estimate of drug-likeness (QED) is 0.883. The van der Waals surface area contributed by atoms with E-state index in [0.29, 0.717) is 5.82 Å². The molecule has 0 radical (unpaired) electrons. The first-order valence-corrected chi connectivity index (χ1v) is 6.39. The van der Waals surface area contributed by atoms with E-state index in [4.69, 9.17) is 5.73 Å². The Labute approximate surface area is 109 Å². The maximum atomic E-state index is 11.4. The molecule has 5 nitrogen and oxygen atoms in total. The molecule has 0 saturated carbocycles. The summed E-state index contributed by atoms with van der Waals surface area (Å²) >= 11 is 1.46. The van der Waals surface area contributed by atoms with Crippen molar-refractivity contribution in [2.45, 2.75) is 19.9 Å². The summed E-state index contributed by atoms with van der Waals surface area (Å²) in [5.74, 6) is 0.284. The Kier molecular flexibility index (Phi) is 3.69. The van der Waals surface area contributed by atoms with Gasteiger partial charge in [-0.25, -0.2) is 4.98 Å². The van der Waals surface area contributed by atoms with Gasteiger partial charge in [0.2, 0.25) is 5.91 Å². The summed E-state index contributed by atoms with van der Waals surface area (Å²) in [5.41, 5.74) is 7.37. The number of nitrogens with zero attached hydrogens (tertiary/aromatic N) is 2. The SMILES string of the molecule is Cc1ccc(-c2nc(NC(=O)C(C)N)cs2)cn1. The van der Waals surface area contributed by atoms with Crippen molar-refractivity contribution < 1.29 is 4.79 Å². The molecule has 94 valence electrons. The zero-order valence-corrected chi connectivity index (χ0v) is 11.0. The van der Waals surface area contributed by atoms with E-state index in [0.717, 1.165) is 16.3 Å². The van der Waals surface area contributed by atoms with Crippen molar-refractivity contribution in [1.29, 1.82) is 0 Å². The molecule has 2 aromatic rings. The molecule has 2 aromatic heterocycles. The van der Waals surface area contributed by atoms with Crippen LogP contribution >= 0.6 is 11.3 Å². The van der Waals surface area contributed by atoms with E-state index >= 15 is 0 Å². The van der Waals surface area contributed by atoms with Crippen LogP contribution in [0.4, 0.5) is 5.82 Å². The molecule has 0 aromatic carbocycles. The third kappa shape index (κ3) is 2.91. The molecule has 1 atom stereocenters. The van der Waals surface area contributed by atoms with Gasteiger partial charge in [-0.2, -0.15) is 0 Å². The number of carbonyl (C=O) groups excluding carboxylic acids is 1. The maximum Gasteiger partial charge on any atom is 0.242 e. The minimum absolute atomic E-state index is 0.242. The van der Waals surface area contributed by atoms with Crippen LogP contribution in [0.3, 0.4) is 0 Å². The number of amides is 1. The van der Waals surface area contributed by atoms with Crippen LogP contribution < -0.4 is 11.1 Å². The van der Waals surface area contributed by atoms with Gasteiger partial charge in [0.1, 0.15) is 10.8 Å². The molecule has 3 N–H and O–H groups in total. The van der Waals surface area contributed by atoms with E-state index in [2.05, 4.69) is 15.3 Å². The zero-order chi connectivity index (χ0) is 13.1. The fourth-order valence-corrected chi connectivity index (χ4v) is 2.04. The van der Waals surface area contributed by atoms with Crippen molar-refractivity contribution in [3.63, 3.8) is 0 Å². The van der Waals surface area contributed by atoms with Gasteiger partial charge in [0.05, 0.1) is 6.04 Å². The van der Waals surface area contributed by atoms with Crippen LogP contribution in [0.1, 0.15) is 12.6 Å². The number of thiazole rings is 1. The lowest BCUT2D eigenvalue weighted by Crippen LogP contribution is -2.32. The molecular weight excluding hydrogens is 248 g/mol. The van der Waals surface area contributed by atoms with Crippen LogP contribution in [0.15, 0.2) is 23.7 Å². The molecule has 1 amide bonds. The zero-order valence-electron chi connectivity index (χ0n) is 10.2. The second-order valence-electron chi connectivity index (χ2n) is 4.00. The second kappa shape index (κ2) is 5.24. The average molecular weight is 262 g/mol. The van der Waals surface area contributed by atoms with Gasteiger partial charge in [-0.3, -0.25) is 9.78 Å². The lowest BCUT2D eigenvalue weighted by Gasteiger charge is -2.03. The monoisotopic (exact) mass is 262 g/mol. The van der Waals surface area contributed by atoms with Crippen LogP contribution in [0, 0.1) is 6.92 Å². The van der Waals surface area contributed by atoms with Gasteiger partial charge in [-0.1, -0.05) is 0 Å². The summed E-state index contributed by atoms with van der Waals surface area (Å²) in [6.45, 7) is 3.56. The number of nitrogens with one attached hydrogen (secondary N) is 1. The minimum atomic E-state index is -0.545. The number of anilines is 1. The van der Waals surface area contributed by atoms with Crippen LogP contribution in [0.2, 0.25) is 0 Å². The Hall–Kier alpha value is -1.79. The van der Waals surface area contributed by atoms with Crippen LogP contribution in [-0.2, 0) is 4.79 Å².